The lowest BCUT2D eigenvalue weighted by Gasteiger charge is -2.35. The van der Waals surface area contributed by atoms with Crippen LogP contribution in [0.2, 0.25) is 0 Å². The molecule has 2 rings (SSSR count). The maximum atomic E-state index is 12.2. The molecule has 0 saturated carbocycles. The SMILES string of the molecule is Cc1ccsc1CC(=O)N1CCC(C)(C)C(=O)C1. The second-order valence-electron chi connectivity index (χ2n) is 5.58. The van der Waals surface area contributed by atoms with E-state index in [2.05, 4.69) is 0 Å². The molecule has 1 aliphatic rings. The summed E-state index contributed by atoms with van der Waals surface area (Å²) in [7, 11) is 0. The normalized spacial score (nSPS) is 19.1. The van der Waals surface area contributed by atoms with E-state index in [-0.39, 0.29) is 23.7 Å². The van der Waals surface area contributed by atoms with Gasteiger partial charge in [-0.3, -0.25) is 9.59 Å². The van der Waals surface area contributed by atoms with E-state index in [9.17, 15) is 9.59 Å². The molecule has 1 aromatic heterocycles. The van der Waals surface area contributed by atoms with Crippen molar-refractivity contribution in [2.24, 2.45) is 5.41 Å². The summed E-state index contributed by atoms with van der Waals surface area (Å²) in [6, 6.07) is 2.03. The maximum Gasteiger partial charge on any atom is 0.228 e. The van der Waals surface area contributed by atoms with Crippen LogP contribution in [-0.2, 0) is 16.0 Å². The van der Waals surface area contributed by atoms with Crippen molar-refractivity contribution in [1.29, 1.82) is 0 Å². The summed E-state index contributed by atoms with van der Waals surface area (Å²) in [5.74, 6) is 0.245. The molecule has 0 spiro atoms. The lowest BCUT2D eigenvalue weighted by atomic mass is 9.81. The largest absolute Gasteiger partial charge is 0.335 e. The molecule has 1 saturated heterocycles. The van der Waals surface area contributed by atoms with Gasteiger partial charge in [-0.15, -0.1) is 11.3 Å². The number of Topliss-reactive ketones (excluding diaryl/α,β-unsaturated/α-hetero) is 1. The highest BCUT2D eigenvalue weighted by molar-refractivity contribution is 7.10. The van der Waals surface area contributed by atoms with E-state index in [0.29, 0.717) is 13.0 Å². The predicted molar refractivity (Wildman–Crippen MR) is 72.7 cm³/mol. The third-order valence-corrected chi connectivity index (χ3v) is 4.75. The van der Waals surface area contributed by atoms with Gasteiger partial charge in [-0.05, 0) is 30.4 Å². The van der Waals surface area contributed by atoms with Crippen LogP contribution >= 0.6 is 11.3 Å². The minimum absolute atomic E-state index is 0.0735. The zero-order chi connectivity index (χ0) is 13.3. The minimum Gasteiger partial charge on any atom is -0.335 e. The number of hydrogen-bond acceptors (Lipinski definition) is 3. The molecule has 0 aliphatic carbocycles. The van der Waals surface area contributed by atoms with Crippen molar-refractivity contribution in [2.75, 3.05) is 13.1 Å². The Morgan fingerprint density at radius 2 is 2.22 bits per heavy atom. The van der Waals surface area contributed by atoms with E-state index >= 15 is 0 Å². The monoisotopic (exact) mass is 265 g/mol. The summed E-state index contributed by atoms with van der Waals surface area (Å²) in [6.45, 7) is 6.91. The molecule has 18 heavy (non-hydrogen) atoms. The van der Waals surface area contributed by atoms with E-state index < -0.39 is 0 Å². The Morgan fingerprint density at radius 3 is 2.78 bits per heavy atom. The Hall–Kier alpha value is -1.16. The summed E-state index contributed by atoms with van der Waals surface area (Å²) in [5.41, 5.74) is 0.896. The Balaban J connectivity index is 1.99. The van der Waals surface area contributed by atoms with Crippen molar-refractivity contribution in [3.63, 3.8) is 0 Å². The fourth-order valence-electron chi connectivity index (χ4n) is 2.07. The molecule has 1 aromatic rings. The van der Waals surface area contributed by atoms with Gasteiger partial charge in [0.15, 0.2) is 5.78 Å². The van der Waals surface area contributed by atoms with E-state index in [1.165, 1.54) is 0 Å². The van der Waals surface area contributed by atoms with Gasteiger partial charge in [0.25, 0.3) is 0 Å². The van der Waals surface area contributed by atoms with Crippen molar-refractivity contribution in [2.45, 2.75) is 33.6 Å². The molecular weight excluding hydrogens is 246 g/mol. The molecule has 4 heteroatoms. The Labute approximate surface area is 112 Å². The first-order valence-electron chi connectivity index (χ1n) is 6.24. The van der Waals surface area contributed by atoms with Crippen molar-refractivity contribution in [1.82, 2.24) is 4.90 Å². The van der Waals surface area contributed by atoms with Gasteiger partial charge in [0.05, 0.1) is 13.0 Å². The number of thiophene rings is 1. The van der Waals surface area contributed by atoms with Crippen LogP contribution in [0, 0.1) is 12.3 Å². The number of rotatable bonds is 2. The Morgan fingerprint density at radius 1 is 1.50 bits per heavy atom. The Bertz CT molecular complexity index is 476. The molecule has 1 aliphatic heterocycles. The molecule has 0 bridgehead atoms. The highest BCUT2D eigenvalue weighted by Crippen LogP contribution is 2.27. The van der Waals surface area contributed by atoms with Gasteiger partial charge < -0.3 is 4.90 Å². The van der Waals surface area contributed by atoms with Crippen molar-refractivity contribution in [3.8, 4) is 0 Å². The van der Waals surface area contributed by atoms with Crippen LogP contribution in [0.15, 0.2) is 11.4 Å². The van der Waals surface area contributed by atoms with Gasteiger partial charge in [0.2, 0.25) is 5.91 Å². The topological polar surface area (TPSA) is 37.4 Å². The molecule has 0 radical (unpaired) electrons. The number of carbonyl (C=O) groups excluding carboxylic acids is 2. The highest BCUT2D eigenvalue weighted by atomic mass is 32.1. The standard InChI is InChI=1S/C14H19NO2S/c1-10-4-7-18-11(10)8-13(17)15-6-5-14(2,3)12(16)9-15/h4,7H,5-6,8-9H2,1-3H3. The van der Waals surface area contributed by atoms with E-state index in [1.54, 1.807) is 16.2 Å². The van der Waals surface area contributed by atoms with Crippen LogP contribution < -0.4 is 0 Å². The van der Waals surface area contributed by atoms with E-state index in [0.717, 1.165) is 16.9 Å². The van der Waals surface area contributed by atoms with Gasteiger partial charge in [-0.2, -0.15) is 0 Å². The first-order chi connectivity index (χ1) is 8.40. The average Bonchev–Trinajstić information content (AvgIpc) is 2.68. The second kappa shape index (κ2) is 4.84. The second-order valence-corrected chi connectivity index (χ2v) is 6.58. The smallest absolute Gasteiger partial charge is 0.228 e. The minimum atomic E-state index is -0.268. The summed E-state index contributed by atoms with van der Waals surface area (Å²) < 4.78 is 0. The number of carbonyl (C=O) groups is 2. The summed E-state index contributed by atoms with van der Waals surface area (Å²) in [4.78, 5) is 26.9. The molecule has 2 heterocycles. The number of aryl methyl sites for hydroxylation is 1. The Kier molecular flexibility index (Phi) is 3.57. The maximum absolute atomic E-state index is 12.2. The van der Waals surface area contributed by atoms with Crippen molar-refractivity contribution >= 4 is 23.0 Å². The zero-order valence-electron chi connectivity index (χ0n) is 11.2. The zero-order valence-corrected chi connectivity index (χ0v) is 12.0. The highest BCUT2D eigenvalue weighted by Gasteiger charge is 2.35. The van der Waals surface area contributed by atoms with Crippen LogP contribution in [0.3, 0.4) is 0 Å². The van der Waals surface area contributed by atoms with Gasteiger partial charge in [-0.25, -0.2) is 0 Å². The first-order valence-corrected chi connectivity index (χ1v) is 7.12. The van der Waals surface area contributed by atoms with Crippen LogP contribution in [0.1, 0.15) is 30.7 Å². The van der Waals surface area contributed by atoms with Crippen LogP contribution in [0.4, 0.5) is 0 Å². The third-order valence-electron chi connectivity index (χ3n) is 3.73. The van der Waals surface area contributed by atoms with Gasteiger partial charge in [0, 0.05) is 16.8 Å². The summed E-state index contributed by atoms with van der Waals surface area (Å²) in [5, 5.41) is 2.00. The van der Waals surface area contributed by atoms with Crippen LogP contribution in [0.25, 0.3) is 0 Å². The number of ketones is 1. The fraction of sp³-hybridized carbons (Fsp3) is 0.571. The molecule has 1 fully saturated rings. The lowest BCUT2D eigenvalue weighted by molar-refractivity contribution is -0.142. The third kappa shape index (κ3) is 2.64. The number of nitrogens with zero attached hydrogens (tertiary/aromatic N) is 1. The van der Waals surface area contributed by atoms with E-state index in [1.807, 2.05) is 32.2 Å². The van der Waals surface area contributed by atoms with Gasteiger partial charge >= 0.3 is 0 Å². The van der Waals surface area contributed by atoms with Crippen LogP contribution in [0.5, 0.6) is 0 Å². The summed E-state index contributed by atoms with van der Waals surface area (Å²) in [6.07, 6.45) is 1.19. The number of piperidine rings is 1. The molecule has 0 unspecified atom stereocenters. The molecule has 0 atom stereocenters. The van der Waals surface area contributed by atoms with Gasteiger partial charge in [0.1, 0.15) is 0 Å². The molecule has 1 amide bonds. The number of amides is 1. The molecular formula is C14H19NO2S. The van der Waals surface area contributed by atoms with Crippen molar-refractivity contribution < 1.29 is 9.59 Å². The van der Waals surface area contributed by atoms with Crippen LogP contribution in [-0.4, -0.2) is 29.7 Å². The lowest BCUT2D eigenvalue weighted by Crippen LogP contribution is -2.48. The molecule has 0 N–H and O–H groups in total. The van der Waals surface area contributed by atoms with Gasteiger partial charge in [-0.1, -0.05) is 13.8 Å². The molecule has 3 nitrogen and oxygen atoms in total. The summed E-state index contributed by atoms with van der Waals surface area (Å²) >= 11 is 1.61. The van der Waals surface area contributed by atoms with Crippen molar-refractivity contribution in [3.05, 3.63) is 21.9 Å². The quantitative estimate of drug-likeness (QED) is 0.823. The molecule has 0 aromatic carbocycles. The predicted octanol–water partition coefficient (Wildman–Crippen LogP) is 2.43. The number of likely N-dealkylation sites (tertiary alicyclic amines) is 1. The molecule has 98 valence electrons. The average molecular weight is 265 g/mol. The first kappa shape index (κ1) is 13.3. The number of hydrogen-bond donors (Lipinski definition) is 0. The fourth-order valence-corrected chi connectivity index (χ4v) is 2.96. The van der Waals surface area contributed by atoms with E-state index in [4.69, 9.17) is 0 Å².